The number of hydrogen-bond donors (Lipinski definition) is 1. The number of benzene rings is 3. The van der Waals surface area contributed by atoms with Gasteiger partial charge in [-0.3, -0.25) is 9.10 Å². The van der Waals surface area contributed by atoms with Crippen molar-refractivity contribution in [3.05, 3.63) is 95.3 Å². The average Bonchev–Trinajstić information content (AvgIpc) is 2.72. The summed E-state index contributed by atoms with van der Waals surface area (Å²) in [6, 6.07) is 18.8. The van der Waals surface area contributed by atoms with Gasteiger partial charge in [0.25, 0.3) is 15.9 Å². The Morgan fingerprint density at radius 1 is 1.00 bits per heavy atom. The molecule has 0 atom stereocenters. The molecule has 1 amide bonds. The molecule has 7 heteroatoms. The number of carbonyl (C=O) groups is 1. The third-order valence-electron chi connectivity index (χ3n) is 4.49. The second kappa shape index (κ2) is 8.45. The Labute approximate surface area is 169 Å². The van der Waals surface area contributed by atoms with Crippen LogP contribution >= 0.6 is 0 Å². The number of halogens is 1. The monoisotopic (exact) mass is 412 g/mol. The Kier molecular flexibility index (Phi) is 5.98. The van der Waals surface area contributed by atoms with E-state index >= 15 is 0 Å². The van der Waals surface area contributed by atoms with Crippen molar-refractivity contribution in [3.8, 4) is 0 Å². The van der Waals surface area contributed by atoms with Gasteiger partial charge in [-0.1, -0.05) is 30.3 Å². The molecule has 0 saturated heterocycles. The standard InChI is InChI=1S/C22H21FN2O3S/c1-16-5-3-7-20(13-16)25(2)29(27,28)21-8-4-6-18(14-21)22(26)24-15-17-9-11-19(23)12-10-17/h3-14H,15H2,1-2H3,(H,24,26). The molecule has 0 aliphatic rings. The van der Waals surface area contributed by atoms with Gasteiger partial charge in [-0.15, -0.1) is 0 Å². The van der Waals surface area contributed by atoms with Crippen molar-refractivity contribution in [3.63, 3.8) is 0 Å². The molecule has 0 aliphatic heterocycles. The first-order valence-corrected chi connectivity index (χ1v) is 10.4. The van der Waals surface area contributed by atoms with Crippen LogP contribution in [0.3, 0.4) is 0 Å². The number of aryl methyl sites for hydroxylation is 1. The van der Waals surface area contributed by atoms with E-state index < -0.39 is 15.9 Å². The lowest BCUT2D eigenvalue weighted by Crippen LogP contribution is -2.27. The van der Waals surface area contributed by atoms with Crippen LogP contribution in [0.15, 0.2) is 77.7 Å². The summed E-state index contributed by atoms with van der Waals surface area (Å²) in [4.78, 5) is 12.5. The van der Waals surface area contributed by atoms with Crippen LogP contribution in [-0.4, -0.2) is 21.4 Å². The minimum absolute atomic E-state index is 0.0240. The molecule has 0 bridgehead atoms. The summed E-state index contributed by atoms with van der Waals surface area (Å²) in [6.07, 6.45) is 0. The summed E-state index contributed by atoms with van der Waals surface area (Å²) < 4.78 is 40.1. The number of anilines is 1. The summed E-state index contributed by atoms with van der Waals surface area (Å²) in [5.74, 6) is -0.764. The maximum Gasteiger partial charge on any atom is 0.264 e. The van der Waals surface area contributed by atoms with Crippen molar-refractivity contribution in [2.45, 2.75) is 18.4 Å². The second-order valence-electron chi connectivity index (χ2n) is 6.65. The minimum Gasteiger partial charge on any atom is -0.348 e. The van der Waals surface area contributed by atoms with Crippen molar-refractivity contribution < 1.29 is 17.6 Å². The highest BCUT2D eigenvalue weighted by Crippen LogP contribution is 2.23. The van der Waals surface area contributed by atoms with Gasteiger partial charge in [-0.05, 0) is 60.5 Å². The first-order valence-electron chi connectivity index (χ1n) is 8.96. The number of amides is 1. The molecule has 0 fully saturated rings. The van der Waals surface area contributed by atoms with Crippen LogP contribution in [0.25, 0.3) is 0 Å². The van der Waals surface area contributed by atoms with Gasteiger partial charge in [0, 0.05) is 19.2 Å². The quantitative estimate of drug-likeness (QED) is 0.668. The van der Waals surface area contributed by atoms with Crippen LogP contribution < -0.4 is 9.62 Å². The minimum atomic E-state index is -3.83. The fourth-order valence-corrected chi connectivity index (χ4v) is 4.04. The Morgan fingerprint density at radius 2 is 1.69 bits per heavy atom. The maximum absolute atomic E-state index is 13.0. The van der Waals surface area contributed by atoms with Gasteiger partial charge in [0.05, 0.1) is 10.6 Å². The van der Waals surface area contributed by atoms with Crippen molar-refractivity contribution in [1.82, 2.24) is 5.32 Å². The molecule has 0 spiro atoms. The van der Waals surface area contributed by atoms with E-state index in [1.54, 1.807) is 36.4 Å². The Balaban J connectivity index is 1.78. The van der Waals surface area contributed by atoms with Crippen molar-refractivity contribution in [2.75, 3.05) is 11.4 Å². The molecule has 0 radical (unpaired) electrons. The number of sulfonamides is 1. The van der Waals surface area contributed by atoms with Gasteiger partial charge in [-0.25, -0.2) is 12.8 Å². The summed E-state index contributed by atoms with van der Waals surface area (Å²) in [6.45, 7) is 2.09. The van der Waals surface area contributed by atoms with Crippen LogP contribution in [-0.2, 0) is 16.6 Å². The predicted molar refractivity (Wildman–Crippen MR) is 111 cm³/mol. The molecule has 5 nitrogen and oxygen atoms in total. The van der Waals surface area contributed by atoms with Crippen molar-refractivity contribution in [2.24, 2.45) is 0 Å². The van der Waals surface area contributed by atoms with Crippen LogP contribution in [0.5, 0.6) is 0 Å². The van der Waals surface area contributed by atoms with Crippen LogP contribution in [0.4, 0.5) is 10.1 Å². The number of nitrogens with one attached hydrogen (secondary N) is 1. The van der Waals surface area contributed by atoms with Crippen LogP contribution in [0.1, 0.15) is 21.5 Å². The maximum atomic E-state index is 13.0. The highest BCUT2D eigenvalue weighted by molar-refractivity contribution is 7.92. The fourth-order valence-electron chi connectivity index (χ4n) is 2.81. The highest BCUT2D eigenvalue weighted by atomic mass is 32.2. The van der Waals surface area contributed by atoms with E-state index in [4.69, 9.17) is 0 Å². The Morgan fingerprint density at radius 3 is 2.38 bits per heavy atom. The lowest BCUT2D eigenvalue weighted by molar-refractivity contribution is 0.0950. The number of hydrogen-bond acceptors (Lipinski definition) is 3. The zero-order chi connectivity index (χ0) is 21.0. The van der Waals surface area contributed by atoms with Gasteiger partial charge >= 0.3 is 0 Å². The fraction of sp³-hybridized carbons (Fsp3) is 0.136. The number of rotatable bonds is 6. The van der Waals surface area contributed by atoms with Gasteiger partial charge in [0.2, 0.25) is 0 Å². The molecule has 1 N–H and O–H groups in total. The van der Waals surface area contributed by atoms with E-state index in [1.165, 1.54) is 41.7 Å². The molecular formula is C22H21FN2O3S. The van der Waals surface area contributed by atoms with Gasteiger partial charge in [0.15, 0.2) is 0 Å². The molecular weight excluding hydrogens is 391 g/mol. The van der Waals surface area contributed by atoms with E-state index in [2.05, 4.69) is 5.32 Å². The Hall–Kier alpha value is -3.19. The Bertz CT molecular complexity index is 1130. The molecule has 29 heavy (non-hydrogen) atoms. The van der Waals surface area contributed by atoms with Gasteiger partial charge < -0.3 is 5.32 Å². The van der Waals surface area contributed by atoms with E-state index in [0.717, 1.165) is 11.1 Å². The third kappa shape index (κ3) is 4.81. The third-order valence-corrected chi connectivity index (χ3v) is 6.27. The SMILES string of the molecule is Cc1cccc(N(C)S(=O)(=O)c2cccc(C(=O)NCc3ccc(F)cc3)c2)c1. The van der Waals surface area contributed by atoms with Crippen molar-refractivity contribution in [1.29, 1.82) is 0 Å². The molecule has 3 aromatic rings. The van der Waals surface area contributed by atoms with Crippen LogP contribution in [0, 0.1) is 12.7 Å². The molecule has 0 saturated carbocycles. The topological polar surface area (TPSA) is 66.5 Å². The van der Waals surface area contributed by atoms with Crippen LogP contribution in [0.2, 0.25) is 0 Å². The summed E-state index contributed by atoms with van der Waals surface area (Å²) in [7, 11) is -2.35. The molecule has 150 valence electrons. The van der Waals surface area contributed by atoms with Gasteiger partial charge in [-0.2, -0.15) is 0 Å². The van der Waals surface area contributed by atoms with E-state index in [-0.39, 0.29) is 22.8 Å². The lowest BCUT2D eigenvalue weighted by Gasteiger charge is -2.20. The first-order chi connectivity index (χ1) is 13.8. The van der Waals surface area contributed by atoms with E-state index in [9.17, 15) is 17.6 Å². The summed E-state index contributed by atoms with van der Waals surface area (Å²) in [5, 5.41) is 2.71. The molecule has 0 unspecified atom stereocenters. The zero-order valence-corrected chi connectivity index (χ0v) is 16.9. The van der Waals surface area contributed by atoms with Crippen molar-refractivity contribution >= 4 is 21.6 Å². The first kappa shape index (κ1) is 20.5. The number of carbonyl (C=O) groups excluding carboxylic acids is 1. The summed E-state index contributed by atoms with van der Waals surface area (Å²) >= 11 is 0. The van der Waals surface area contributed by atoms with E-state index in [0.29, 0.717) is 5.69 Å². The average molecular weight is 412 g/mol. The largest absolute Gasteiger partial charge is 0.348 e. The van der Waals surface area contributed by atoms with Gasteiger partial charge in [0.1, 0.15) is 5.82 Å². The molecule has 3 rings (SSSR count). The number of nitrogens with zero attached hydrogens (tertiary/aromatic N) is 1. The van der Waals surface area contributed by atoms with E-state index in [1.807, 2.05) is 13.0 Å². The molecule has 0 aromatic heterocycles. The zero-order valence-electron chi connectivity index (χ0n) is 16.1. The predicted octanol–water partition coefficient (Wildman–Crippen LogP) is 3.89. The smallest absolute Gasteiger partial charge is 0.264 e. The second-order valence-corrected chi connectivity index (χ2v) is 8.62. The molecule has 3 aromatic carbocycles. The molecule has 0 heterocycles. The summed E-state index contributed by atoms with van der Waals surface area (Å²) in [5.41, 5.74) is 2.45. The lowest BCUT2D eigenvalue weighted by atomic mass is 10.2. The molecule has 0 aliphatic carbocycles. The highest BCUT2D eigenvalue weighted by Gasteiger charge is 2.22. The normalized spacial score (nSPS) is 11.1.